The number of aliphatic hydroxyl groups excluding tert-OH is 14. The summed E-state index contributed by atoms with van der Waals surface area (Å²) in [4.78, 5) is 20.5. The minimum atomic E-state index is -2.36. The zero-order valence-electron chi connectivity index (χ0n) is 18.5. The van der Waals surface area contributed by atoms with Gasteiger partial charge in [0, 0.05) is 27.3 Å². The molecular formula is C16H34CdO19. The average Bonchev–Trinajstić information content (AvgIpc) is 2.82. The zero-order valence-corrected chi connectivity index (χ0v) is 22.6. The maximum atomic E-state index is 10.3. The Labute approximate surface area is 222 Å². The molecule has 0 saturated heterocycles. The SMILES string of the molecule is O.O=C(O)[C@@H](O)[C@H](O)[C@H](O)[C@@H](O)[C@@H](O)[C@H](O)CO.O=C(O)[C@@H](O)[C@H](O)[C@H](O)[C@@H](O)[C@@H](O)[C@H](O)CO.[Cd]. The monoisotopic (exact) mass is 644 g/mol. The van der Waals surface area contributed by atoms with Crippen molar-refractivity contribution in [2.24, 2.45) is 0 Å². The fourth-order valence-corrected chi connectivity index (χ4v) is 2.14. The number of rotatable bonds is 14. The second-order valence-electron chi connectivity index (χ2n) is 6.99. The number of aliphatic hydroxyl groups is 14. The first kappa shape index (κ1) is 42.4. The third-order valence-electron chi connectivity index (χ3n) is 4.42. The molecule has 0 aliphatic rings. The normalized spacial score (nSPS) is 21.1. The van der Waals surface area contributed by atoms with Gasteiger partial charge in [-0.2, -0.15) is 0 Å². The van der Waals surface area contributed by atoms with Gasteiger partial charge in [-0.3, -0.25) is 0 Å². The van der Waals surface area contributed by atoms with Gasteiger partial charge in [-0.1, -0.05) is 0 Å². The number of carboxylic acid groups (broad SMARTS) is 2. The molecule has 0 aliphatic carbocycles. The Kier molecular flexibility index (Phi) is 23.8. The maximum Gasteiger partial charge on any atom is 0.335 e. The van der Waals surface area contributed by atoms with Gasteiger partial charge in [0.1, 0.15) is 61.0 Å². The minimum Gasteiger partial charge on any atom is -0.479 e. The Balaban J connectivity index is -0.000000269. The fraction of sp³-hybridized carbons (Fsp3) is 0.875. The molecule has 0 fully saturated rings. The van der Waals surface area contributed by atoms with Crippen molar-refractivity contribution in [2.75, 3.05) is 13.2 Å². The van der Waals surface area contributed by atoms with Crippen LogP contribution in [0.5, 0.6) is 0 Å². The van der Waals surface area contributed by atoms with E-state index in [0.717, 1.165) is 0 Å². The largest absolute Gasteiger partial charge is 0.479 e. The molecule has 0 aromatic carbocycles. The third-order valence-corrected chi connectivity index (χ3v) is 4.42. The molecule has 0 unspecified atom stereocenters. The van der Waals surface area contributed by atoms with E-state index >= 15 is 0 Å². The van der Waals surface area contributed by atoms with Crippen LogP contribution in [-0.2, 0) is 36.9 Å². The first-order chi connectivity index (χ1) is 15.5. The summed E-state index contributed by atoms with van der Waals surface area (Å²) in [5.41, 5.74) is 0. The van der Waals surface area contributed by atoms with Crippen LogP contribution in [0.15, 0.2) is 0 Å². The average molecular weight is 643 g/mol. The van der Waals surface area contributed by atoms with Gasteiger partial charge in [0.15, 0.2) is 12.2 Å². The van der Waals surface area contributed by atoms with E-state index in [4.69, 9.17) is 61.3 Å². The molecule has 0 aromatic rings. The Morgan fingerprint density at radius 3 is 0.806 bits per heavy atom. The van der Waals surface area contributed by atoms with E-state index in [9.17, 15) is 30.0 Å². The Bertz CT molecular complexity index is 548. The molecule has 0 heterocycles. The first-order valence-corrected chi connectivity index (χ1v) is 9.31. The molecule has 0 saturated carbocycles. The van der Waals surface area contributed by atoms with Crippen LogP contribution in [0.3, 0.4) is 0 Å². The van der Waals surface area contributed by atoms with Crippen molar-refractivity contribution >= 4 is 11.9 Å². The number of carboxylic acids is 2. The van der Waals surface area contributed by atoms with E-state index in [1.54, 1.807) is 0 Å². The van der Waals surface area contributed by atoms with E-state index in [0.29, 0.717) is 0 Å². The summed E-state index contributed by atoms with van der Waals surface area (Å²) in [5.74, 6) is -3.66. The summed E-state index contributed by atoms with van der Waals surface area (Å²) >= 11 is 0. The molecule has 12 atom stereocenters. The summed E-state index contributed by atoms with van der Waals surface area (Å²) in [7, 11) is 0. The second-order valence-corrected chi connectivity index (χ2v) is 6.99. The molecule has 0 rings (SSSR count). The van der Waals surface area contributed by atoms with Crippen LogP contribution in [-0.4, -0.2) is 186 Å². The molecule has 0 amide bonds. The van der Waals surface area contributed by atoms with Gasteiger partial charge in [-0.15, -0.1) is 0 Å². The minimum absolute atomic E-state index is 0. The maximum absolute atomic E-state index is 10.3. The molecule has 0 aliphatic heterocycles. The molecule has 36 heavy (non-hydrogen) atoms. The first-order valence-electron chi connectivity index (χ1n) is 9.31. The smallest absolute Gasteiger partial charge is 0.335 e. The van der Waals surface area contributed by atoms with Gasteiger partial charge >= 0.3 is 11.9 Å². The van der Waals surface area contributed by atoms with Gasteiger partial charge in [0.2, 0.25) is 0 Å². The van der Waals surface area contributed by atoms with Crippen LogP contribution in [0.25, 0.3) is 0 Å². The van der Waals surface area contributed by atoms with Crippen molar-refractivity contribution in [1.82, 2.24) is 0 Å². The van der Waals surface area contributed by atoms with Crippen LogP contribution >= 0.6 is 0 Å². The molecule has 18 N–H and O–H groups in total. The van der Waals surface area contributed by atoms with Gasteiger partial charge in [0.25, 0.3) is 0 Å². The summed E-state index contributed by atoms with van der Waals surface area (Å²) in [5, 5.41) is 143. The van der Waals surface area contributed by atoms with Crippen LogP contribution in [0.2, 0.25) is 0 Å². The van der Waals surface area contributed by atoms with Crippen molar-refractivity contribution in [3.63, 3.8) is 0 Å². The number of hydrogen-bond donors (Lipinski definition) is 16. The van der Waals surface area contributed by atoms with Crippen LogP contribution in [0, 0.1) is 0 Å². The summed E-state index contributed by atoms with van der Waals surface area (Å²) in [6, 6.07) is 0. The Morgan fingerprint density at radius 1 is 0.444 bits per heavy atom. The summed E-state index contributed by atoms with van der Waals surface area (Å²) < 4.78 is 0. The van der Waals surface area contributed by atoms with Crippen molar-refractivity contribution in [2.45, 2.75) is 73.2 Å². The molecule has 20 heteroatoms. The Hall–Kier alpha value is -0.738. The van der Waals surface area contributed by atoms with Gasteiger partial charge < -0.3 is 87.2 Å². The number of aliphatic carboxylic acids is 2. The van der Waals surface area contributed by atoms with E-state index in [1.807, 2.05) is 0 Å². The van der Waals surface area contributed by atoms with Crippen molar-refractivity contribution in [3.05, 3.63) is 0 Å². The summed E-state index contributed by atoms with van der Waals surface area (Å²) in [6.07, 6.45) is -25.5. The molecule has 0 spiro atoms. The number of carbonyl (C=O) groups is 2. The van der Waals surface area contributed by atoms with Crippen LogP contribution in [0.1, 0.15) is 0 Å². The molecular weight excluding hydrogens is 609 g/mol. The number of hydrogen-bond acceptors (Lipinski definition) is 16. The second kappa shape index (κ2) is 20.3. The van der Waals surface area contributed by atoms with Gasteiger partial charge in [-0.25, -0.2) is 9.59 Å². The van der Waals surface area contributed by atoms with Crippen molar-refractivity contribution in [3.8, 4) is 0 Å². The fourth-order valence-electron chi connectivity index (χ4n) is 2.14. The molecule has 19 nitrogen and oxygen atoms in total. The summed E-state index contributed by atoms with van der Waals surface area (Å²) in [6.45, 7) is -1.83. The zero-order chi connectivity index (χ0) is 27.5. The topological polar surface area (TPSA) is 389 Å². The van der Waals surface area contributed by atoms with Gasteiger partial charge in [0.05, 0.1) is 13.2 Å². The van der Waals surface area contributed by atoms with Crippen LogP contribution in [0.4, 0.5) is 0 Å². The quantitative estimate of drug-likeness (QED) is 0.0781. The molecule has 0 radical (unpaired) electrons. The van der Waals surface area contributed by atoms with Crippen LogP contribution < -0.4 is 0 Å². The van der Waals surface area contributed by atoms with E-state index in [2.05, 4.69) is 0 Å². The Morgan fingerprint density at radius 2 is 0.639 bits per heavy atom. The molecule has 214 valence electrons. The third kappa shape index (κ3) is 13.2. The predicted octanol–water partition coefficient (Wildman–Crippen LogP) is -10.4. The standard InChI is InChI=1S/2C8H16O9.Cd.H2O/c2*9-1-2(10)3(11)4(12)5(13)6(14)7(15)8(16)17;;/h2*2-7,9-15H,1H2,(H,16,17);;1H2/t2*2-,3+,4+,5-,6-,7+;;/m11../s1. The van der Waals surface area contributed by atoms with E-state index in [1.165, 1.54) is 0 Å². The van der Waals surface area contributed by atoms with E-state index < -0.39 is 98.4 Å². The molecule has 0 aromatic heterocycles. The van der Waals surface area contributed by atoms with Gasteiger partial charge in [-0.05, 0) is 0 Å². The van der Waals surface area contributed by atoms with Crippen molar-refractivity contribution < 1.29 is 124 Å². The van der Waals surface area contributed by atoms with Crippen molar-refractivity contribution in [1.29, 1.82) is 0 Å². The van der Waals surface area contributed by atoms with E-state index in [-0.39, 0.29) is 32.8 Å². The molecule has 0 bridgehead atoms. The predicted molar refractivity (Wildman–Crippen MR) is 105 cm³/mol.